The molecule has 1 heterocycles. The minimum Gasteiger partial charge on any atom is -0.382 e. The molecular formula is C14H28IN5O. The maximum absolute atomic E-state index is 5.32. The molecule has 0 aromatic carbocycles. The Hall–Kier alpha value is -0.830. The number of hydrogen-bond donors (Lipinski definition) is 2. The smallest absolute Gasteiger partial charge is 0.191 e. The Morgan fingerprint density at radius 3 is 2.81 bits per heavy atom. The van der Waals surface area contributed by atoms with Crippen LogP contribution in [0, 0.1) is 0 Å². The van der Waals surface area contributed by atoms with Gasteiger partial charge >= 0.3 is 0 Å². The van der Waals surface area contributed by atoms with Crippen molar-refractivity contribution in [1.29, 1.82) is 0 Å². The van der Waals surface area contributed by atoms with Crippen molar-refractivity contribution in [2.75, 3.05) is 19.8 Å². The molecule has 0 amide bonds. The van der Waals surface area contributed by atoms with E-state index in [1.807, 2.05) is 24.7 Å². The van der Waals surface area contributed by atoms with E-state index in [9.17, 15) is 0 Å². The summed E-state index contributed by atoms with van der Waals surface area (Å²) in [4.78, 5) is 8.82. The number of hydrogen-bond acceptors (Lipinski definition) is 3. The van der Waals surface area contributed by atoms with Crippen molar-refractivity contribution < 1.29 is 4.74 Å². The van der Waals surface area contributed by atoms with Gasteiger partial charge in [0.05, 0.1) is 0 Å². The van der Waals surface area contributed by atoms with Crippen LogP contribution in [0.15, 0.2) is 17.4 Å². The first-order chi connectivity index (χ1) is 9.63. The predicted molar refractivity (Wildman–Crippen MR) is 97.1 cm³/mol. The Morgan fingerprint density at radius 1 is 1.48 bits per heavy atom. The van der Waals surface area contributed by atoms with E-state index in [1.54, 1.807) is 6.20 Å². The van der Waals surface area contributed by atoms with Gasteiger partial charge in [-0.1, -0.05) is 0 Å². The van der Waals surface area contributed by atoms with Crippen LogP contribution in [-0.4, -0.2) is 41.3 Å². The second-order valence-corrected chi connectivity index (χ2v) is 4.90. The quantitative estimate of drug-likeness (QED) is 0.298. The van der Waals surface area contributed by atoms with Crippen LogP contribution in [0.2, 0.25) is 0 Å². The highest BCUT2D eigenvalue weighted by Gasteiger charge is 2.02. The number of aromatic nitrogens is 2. The van der Waals surface area contributed by atoms with E-state index < -0.39 is 0 Å². The normalized spacial score (nSPS) is 11.4. The highest BCUT2D eigenvalue weighted by Crippen LogP contribution is 1.96. The third kappa shape index (κ3) is 8.92. The Morgan fingerprint density at radius 2 is 2.24 bits per heavy atom. The van der Waals surface area contributed by atoms with Crippen LogP contribution in [0.5, 0.6) is 0 Å². The number of nitrogens with one attached hydrogen (secondary N) is 2. The molecule has 2 N–H and O–H groups in total. The zero-order chi connectivity index (χ0) is 14.8. The van der Waals surface area contributed by atoms with E-state index in [0.29, 0.717) is 12.6 Å². The number of imidazole rings is 1. The van der Waals surface area contributed by atoms with Gasteiger partial charge in [0, 0.05) is 45.2 Å². The molecule has 21 heavy (non-hydrogen) atoms. The van der Waals surface area contributed by atoms with E-state index in [1.165, 1.54) is 0 Å². The lowest BCUT2D eigenvalue weighted by Gasteiger charge is -2.15. The lowest BCUT2D eigenvalue weighted by molar-refractivity contribution is 0.145. The minimum absolute atomic E-state index is 0. The molecular weight excluding hydrogens is 381 g/mol. The molecule has 0 spiro atoms. The largest absolute Gasteiger partial charge is 0.382 e. The van der Waals surface area contributed by atoms with Gasteiger partial charge in [-0.05, 0) is 27.2 Å². The molecule has 122 valence electrons. The molecule has 1 aromatic rings. The van der Waals surface area contributed by atoms with Crippen LogP contribution < -0.4 is 10.6 Å². The lowest BCUT2D eigenvalue weighted by Crippen LogP contribution is -2.41. The number of nitrogens with zero attached hydrogens (tertiary/aromatic N) is 3. The second kappa shape index (κ2) is 11.8. The predicted octanol–water partition coefficient (Wildman–Crippen LogP) is 1.91. The van der Waals surface area contributed by atoms with Crippen molar-refractivity contribution >= 4 is 29.9 Å². The molecule has 1 aromatic heterocycles. The van der Waals surface area contributed by atoms with Gasteiger partial charge in [-0.15, -0.1) is 24.0 Å². The number of guanidine groups is 1. The standard InChI is InChI=1S/C14H27N5O.HI/c1-5-20-10-6-7-16-14(18-12(2)3)17-11-13-15-8-9-19(13)4;/h8-9,12H,5-7,10-11H2,1-4H3,(H2,16,17,18);1H. The first-order valence-electron chi connectivity index (χ1n) is 7.22. The van der Waals surface area contributed by atoms with Crippen LogP contribution in [0.3, 0.4) is 0 Å². The van der Waals surface area contributed by atoms with Crippen molar-refractivity contribution in [3.05, 3.63) is 18.2 Å². The summed E-state index contributed by atoms with van der Waals surface area (Å²) in [5.74, 6) is 1.77. The van der Waals surface area contributed by atoms with Crippen LogP contribution >= 0.6 is 24.0 Å². The Bertz CT molecular complexity index is 406. The molecule has 1 rings (SSSR count). The van der Waals surface area contributed by atoms with Crippen molar-refractivity contribution in [2.45, 2.75) is 39.8 Å². The number of aryl methyl sites for hydroxylation is 1. The Balaban J connectivity index is 0.00000400. The van der Waals surface area contributed by atoms with Gasteiger partial charge in [-0.2, -0.15) is 0 Å². The number of halogens is 1. The van der Waals surface area contributed by atoms with Crippen LogP contribution in [0.4, 0.5) is 0 Å². The van der Waals surface area contributed by atoms with E-state index in [0.717, 1.165) is 38.0 Å². The average Bonchev–Trinajstić information content (AvgIpc) is 2.80. The molecule has 0 radical (unpaired) electrons. The van der Waals surface area contributed by atoms with E-state index in [4.69, 9.17) is 4.74 Å². The summed E-state index contributed by atoms with van der Waals surface area (Å²) in [6.45, 7) is 9.15. The maximum Gasteiger partial charge on any atom is 0.191 e. The number of ether oxygens (including phenoxy) is 1. The molecule has 0 saturated heterocycles. The Labute approximate surface area is 144 Å². The van der Waals surface area contributed by atoms with Gasteiger partial charge in [0.2, 0.25) is 0 Å². The summed E-state index contributed by atoms with van der Waals surface area (Å²) in [7, 11) is 1.98. The molecule has 7 heteroatoms. The third-order valence-corrected chi connectivity index (χ3v) is 2.69. The van der Waals surface area contributed by atoms with Crippen molar-refractivity contribution in [1.82, 2.24) is 20.2 Å². The molecule has 0 fully saturated rings. The maximum atomic E-state index is 5.32. The highest BCUT2D eigenvalue weighted by molar-refractivity contribution is 14.0. The summed E-state index contributed by atoms with van der Waals surface area (Å²) in [6, 6.07) is 0.342. The van der Waals surface area contributed by atoms with Crippen molar-refractivity contribution in [3.63, 3.8) is 0 Å². The SMILES string of the molecule is CCOCCCNC(=NCc1nccn1C)NC(C)C.I. The van der Waals surface area contributed by atoms with Gasteiger partial charge in [0.25, 0.3) is 0 Å². The summed E-state index contributed by atoms with van der Waals surface area (Å²) >= 11 is 0. The number of rotatable bonds is 8. The van der Waals surface area contributed by atoms with E-state index in [-0.39, 0.29) is 24.0 Å². The van der Waals surface area contributed by atoms with Gasteiger partial charge in [0.1, 0.15) is 12.4 Å². The fourth-order valence-electron chi connectivity index (χ4n) is 1.65. The first-order valence-corrected chi connectivity index (χ1v) is 7.22. The Kier molecular flexibility index (Phi) is 11.3. The summed E-state index contributed by atoms with van der Waals surface area (Å²) < 4.78 is 7.30. The molecule has 0 saturated carbocycles. The monoisotopic (exact) mass is 409 g/mol. The van der Waals surface area contributed by atoms with Crippen molar-refractivity contribution in [2.24, 2.45) is 12.0 Å². The topological polar surface area (TPSA) is 63.5 Å². The van der Waals surface area contributed by atoms with Gasteiger partial charge in [-0.25, -0.2) is 9.98 Å². The molecule has 0 unspecified atom stereocenters. The number of aliphatic imine (C=N–C) groups is 1. The zero-order valence-electron chi connectivity index (χ0n) is 13.4. The van der Waals surface area contributed by atoms with Gasteiger partial charge < -0.3 is 19.9 Å². The average molecular weight is 409 g/mol. The fraction of sp³-hybridized carbons (Fsp3) is 0.714. The molecule has 0 aliphatic rings. The minimum atomic E-state index is 0. The van der Waals surface area contributed by atoms with Crippen LogP contribution in [-0.2, 0) is 18.3 Å². The zero-order valence-corrected chi connectivity index (χ0v) is 15.8. The molecule has 0 bridgehead atoms. The molecule has 0 aliphatic heterocycles. The summed E-state index contributed by atoms with van der Waals surface area (Å²) in [6.07, 6.45) is 4.68. The lowest BCUT2D eigenvalue weighted by atomic mass is 10.4. The second-order valence-electron chi connectivity index (χ2n) is 4.90. The highest BCUT2D eigenvalue weighted by atomic mass is 127. The van der Waals surface area contributed by atoms with Crippen molar-refractivity contribution in [3.8, 4) is 0 Å². The molecule has 0 aliphatic carbocycles. The van der Waals surface area contributed by atoms with Crippen LogP contribution in [0.25, 0.3) is 0 Å². The van der Waals surface area contributed by atoms with E-state index in [2.05, 4.69) is 34.5 Å². The van der Waals surface area contributed by atoms with Crippen LogP contribution in [0.1, 0.15) is 33.0 Å². The molecule has 6 nitrogen and oxygen atoms in total. The van der Waals surface area contributed by atoms with Gasteiger partial charge in [-0.3, -0.25) is 0 Å². The summed E-state index contributed by atoms with van der Waals surface area (Å²) in [5, 5.41) is 6.63. The third-order valence-electron chi connectivity index (χ3n) is 2.69. The fourth-order valence-corrected chi connectivity index (χ4v) is 1.65. The first kappa shape index (κ1) is 20.2. The van der Waals surface area contributed by atoms with Gasteiger partial charge in [0.15, 0.2) is 5.96 Å². The van der Waals surface area contributed by atoms with E-state index >= 15 is 0 Å². The molecule has 0 atom stereocenters. The summed E-state index contributed by atoms with van der Waals surface area (Å²) in [5.41, 5.74) is 0.